The van der Waals surface area contributed by atoms with Crippen LogP contribution in [0.5, 0.6) is 5.75 Å². The molecule has 0 spiro atoms. The van der Waals surface area contributed by atoms with Crippen molar-refractivity contribution < 1.29 is 17.9 Å². The zero-order valence-corrected chi connectivity index (χ0v) is 11.2. The van der Waals surface area contributed by atoms with Gasteiger partial charge in [0.15, 0.2) is 5.69 Å². The van der Waals surface area contributed by atoms with Crippen LogP contribution >= 0.6 is 11.6 Å². The van der Waals surface area contributed by atoms with Crippen LogP contribution in [0.3, 0.4) is 0 Å². The summed E-state index contributed by atoms with van der Waals surface area (Å²) in [7, 11) is 1.48. The van der Waals surface area contributed by atoms with E-state index in [0.29, 0.717) is 11.3 Å². The first kappa shape index (κ1) is 14.6. The molecule has 0 N–H and O–H groups in total. The van der Waals surface area contributed by atoms with E-state index in [9.17, 15) is 13.2 Å². The maximum atomic E-state index is 12.9. The normalized spacial score (nSPS) is 11.4. The highest BCUT2D eigenvalue weighted by Gasteiger charge is 2.36. The van der Waals surface area contributed by atoms with E-state index in [-0.39, 0.29) is 17.1 Å². The van der Waals surface area contributed by atoms with Gasteiger partial charge in [-0.15, -0.1) is 0 Å². The Morgan fingerprint density at radius 3 is 2.65 bits per heavy atom. The summed E-state index contributed by atoms with van der Waals surface area (Å²) in [5.74, 6) is 0.559. The number of halogens is 4. The lowest BCUT2D eigenvalue weighted by Crippen LogP contribution is -2.13. The first-order valence-electron chi connectivity index (χ1n) is 5.61. The van der Waals surface area contributed by atoms with E-state index in [2.05, 4.69) is 9.97 Å². The van der Waals surface area contributed by atoms with Gasteiger partial charge in [-0.05, 0) is 17.7 Å². The Morgan fingerprint density at radius 1 is 1.25 bits per heavy atom. The van der Waals surface area contributed by atoms with Crippen LogP contribution in [0.4, 0.5) is 13.2 Å². The molecule has 0 aliphatic heterocycles. The second kappa shape index (κ2) is 5.66. The summed E-state index contributed by atoms with van der Waals surface area (Å²) in [6.45, 7) is 0. The number of aromatic nitrogens is 2. The molecule has 0 radical (unpaired) electrons. The fraction of sp³-hybridized carbons (Fsp3) is 0.231. The number of nitrogens with zero attached hydrogens (tertiary/aromatic N) is 2. The maximum absolute atomic E-state index is 12.9. The number of benzene rings is 1. The molecule has 2 rings (SSSR count). The highest BCUT2D eigenvalue weighted by atomic mass is 35.5. The second-order valence-corrected chi connectivity index (χ2v) is 4.38. The molecule has 1 aromatic carbocycles. The third kappa shape index (κ3) is 3.19. The summed E-state index contributed by atoms with van der Waals surface area (Å²) in [5, 5.41) is -0.199. The van der Waals surface area contributed by atoms with Crippen LogP contribution < -0.4 is 4.74 Å². The van der Waals surface area contributed by atoms with Crippen LogP contribution in [-0.4, -0.2) is 17.1 Å². The van der Waals surface area contributed by atoms with Gasteiger partial charge < -0.3 is 4.74 Å². The van der Waals surface area contributed by atoms with Crippen molar-refractivity contribution in [3.63, 3.8) is 0 Å². The minimum Gasteiger partial charge on any atom is -0.497 e. The van der Waals surface area contributed by atoms with Crippen molar-refractivity contribution in [1.82, 2.24) is 9.97 Å². The van der Waals surface area contributed by atoms with Crippen LogP contribution in [0.15, 0.2) is 30.6 Å². The summed E-state index contributed by atoms with van der Waals surface area (Å²) in [5.41, 5.74) is -0.526. The molecule has 3 nitrogen and oxygen atoms in total. The van der Waals surface area contributed by atoms with E-state index in [0.717, 1.165) is 6.33 Å². The largest absolute Gasteiger partial charge is 0.497 e. The Balaban J connectivity index is 2.42. The van der Waals surface area contributed by atoms with Gasteiger partial charge in [0.1, 0.15) is 17.2 Å². The van der Waals surface area contributed by atoms with Crippen LogP contribution in [0.1, 0.15) is 16.8 Å². The minimum atomic E-state index is -4.57. The quantitative estimate of drug-likeness (QED) is 0.810. The Bertz CT molecular complexity index is 617. The SMILES string of the molecule is COc1cccc(Cc2c(Cl)ncnc2C(F)(F)F)c1. The van der Waals surface area contributed by atoms with E-state index < -0.39 is 11.9 Å². The summed E-state index contributed by atoms with van der Waals surface area (Å²) in [6, 6.07) is 6.73. The van der Waals surface area contributed by atoms with Crippen LogP contribution in [0.2, 0.25) is 5.15 Å². The van der Waals surface area contributed by atoms with E-state index >= 15 is 0 Å². The number of ether oxygens (including phenoxy) is 1. The number of rotatable bonds is 3. The number of alkyl halides is 3. The fourth-order valence-corrected chi connectivity index (χ4v) is 1.98. The average Bonchev–Trinajstić information content (AvgIpc) is 2.40. The molecule has 1 heterocycles. The van der Waals surface area contributed by atoms with Gasteiger partial charge in [0.2, 0.25) is 0 Å². The first-order chi connectivity index (χ1) is 9.41. The number of hydrogen-bond acceptors (Lipinski definition) is 3. The van der Waals surface area contributed by atoms with E-state index in [4.69, 9.17) is 16.3 Å². The van der Waals surface area contributed by atoms with Gasteiger partial charge in [-0.25, -0.2) is 9.97 Å². The van der Waals surface area contributed by atoms with Crippen molar-refractivity contribution in [3.8, 4) is 5.75 Å². The molecule has 0 saturated heterocycles. The average molecular weight is 303 g/mol. The van der Waals surface area contributed by atoms with Crippen molar-refractivity contribution in [1.29, 1.82) is 0 Å². The van der Waals surface area contributed by atoms with E-state index in [1.807, 2.05) is 0 Å². The van der Waals surface area contributed by atoms with Gasteiger partial charge in [-0.1, -0.05) is 23.7 Å². The van der Waals surface area contributed by atoms with Crippen molar-refractivity contribution in [3.05, 3.63) is 52.6 Å². The molecule has 106 valence electrons. The van der Waals surface area contributed by atoms with Crippen LogP contribution in [0.25, 0.3) is 0 Å². The van der Waals surface area contributed by atoms with Crippen molar-refractivity contribution in [2.24, 2.45) is 0 Å². The Morgan fingerprint density at radius 2 is 2.00 bits per heavy atom. The molecular weight excluding hydrogens is 293 g/mol. The molecule has 1 aromatic heterocycles. The van der Waals surface area contributed by atoms with Crippen molar-refractivity contribution in [2.45, 2.75) is 12.6 Å². The number of hydrogen-bond donors (Lipinski definition) is 0. The molecule has 20 heavy (non-hydrogen) atoms. The Kier molecular flexibility index (Phi) is 4.13. The smallest absolute Gasteiger partial charge is 0.433 e. The zero-order valence-electron chi connectivity index (χ0n) is 10.4. The molecular formula is C13H10ClF3N2O. The monoisotopic (exact) mass is 302 g/mol. The molecule has 0 amide bonds. The van der Waals surface area contributed by atoms with Gasteiger partial charge in [-0.2, -0.15) is 13.2 Å². The lowest BCUT2D eigenvalue weighted by Gasteiger charge is -2.12. The molecule has 0 unspecified atom stereocenters. The van der Waals surface area contributed by atoms with Gasteiger partial charge in [0, 0.05) is 12.0 Å². The number of methoxy groups -OCH3 is 1. The van der Waals surface area contributed by atoms with Crippen LogP contribution in [-0.2, 0) is 12.6 Å². The third-order valence-electron chi connectivity index (χ3n) is 2.68. The molecule has 2 aromatic rings. The maximum Gasteiger partial charge on any atom is 0.433 e. The standard InChI is InChI=1S/C13H10ClF3N2O/c1-20-9-4-2-3-8(5-9)6-10-11(13(15,16)17)18-7-19-12(10)14/h2-5,7H,6H2,1H3. The molecule has 0 aliphatic rings. The van der Waals surface area contributed by atoms with Gasteiger partial charge in [0.05, 0.1) is 7.11 Å². The molecule has 0 aliphatic carbocycles. The predicted octanol–water partition coefficient (Wildman–Crippen LogP) is 3.75. The highest BCUT2D eigenvalue weighted by Crippen LogP contribution is 2.33. The van der Waals surface area contributed by atoms with Crippen molar-refractivity contribution >= 4 is 11.6 Å². The van der Waals surface area contributed by atoms with Gasteiger partial charge in [-0.3, -0.25) is 0 Å². The Labute approximate surface area is 118 Å². The summed E-state index contributed by atoms with van der Waals surface area (Å²) < 4.78 is 43.7. The Hall–Kier alpha value is -1.82. The fourth-order valence-electron chi connectivity index (χ4n) is 1.78. The summed E-state index contributed by atoms with van der Waals surface area (Å²) in [4.78, 5) is 6.91. The molecule has 0 fully saturated rings. The van der Waals surface area contributed by atoms with E-state index in [1.165, 1.54) is 7.11 Å². The van der Waals surface area contributed by atoms with Gasteiger partial charge in [0.25, 0.3) is 0 Å². The second-order valence-electron chi connectivity index (χ2n) is 4.02. The highest BCUT2D eigenvalue weighted by molar-refractivity contribution is 6.30. The lowest BCUT2D eigenvalue weighted by molar-refractivity contribution is -0.141. The molecule has 7 heteroatoms. The van der Waals surface area contributed by atoms with Crippen molar-refractivity contribution in [2.75, 3.05) is 7.11 Å². The molecule has 0 saturated carbocycles. The molecule has 0 bridgehead atoms. The molecule has 0 atom stereocenters. The van der Waals surface area contributed by atoms with E-state index in [1.54, 1.807) is 24.3 Å². The lowest BCUT2D eigenvalue weighted by atomic mass is 10.0. The third-order valence-corrected chi connectivity index (χ3v) is 3.00. The predicted molar refractivity (Wildman–Crippen MR) is 67.8 cm³/mol. The summed E-state index contributed by atoms with van der Waals surface area (Å²) in [6.07, 6.45) is -3.78. The topological polar surface area (TPSA) is 35.0 Å². The van der Waals surface area contributed by atoms with Crippen LogP contribution in [0, 0.1) is 0 Å². The summed E-state index contributed by atoms with van der Waals surface area (Å²) >= 11 is 5.78. The minimum absolute atomic E-state index is 0.0221. The first-order valence-corrected chi connectivity index (χ1v) is 5.99. The van der Waals surface area contributed by atoms with Gasteiger partial charge >= 0.3 is 6.18 Å². The zero-order chi connectivity index (χ0) is 14.8.